The van der Waals surface area contributed by atoms with E-state index in [0.717, 1.165) is 14.9 Å². The molecular weight excluding hydrogens is 406 g/mol. The maximum atomic E-state index is 12.6. The van der Waals surface area contributed by atoms with Crippen molar-refractivity contribution in [2.75, 3.05) is 0 Å². The zero-order valence-electron chi connectivity index (χ0n) is 14.2. The Morgan fingerprint density at radius 2 is 1.92 bits per heavy atom. The van der Waals surface area contributed by atoms with Crippen LogP contribution < -0.4 is 0 Å². The first-order valence-corrected chi connectivity index (χ1v) is 9.40. The molecule has 0 aliphatic rings. The summed E-state index contributed by atoms with van der Waals surface area (Å²) < 4.78 is 6.19. The zero-order chi connectivity index (χ0) is 18.6. The van der Waals surface area contributed by atoms with Crippen LogP contribution in [-0.4, -0.2) is 28.1 Å². The highest BCUT2D eigenvalue weighted by molar-refractivity contribution is 9.10. The fraction of sp³-hybridized carbons (Fsp3) is 0.333. The van der Waals surface area contributed by atoms with Gasteiger partial charge < -0.3 is 9.84 Å². The van der Waals surface area contributed by atoms with Crippen LogP contribution in [0.2, 0.25) is 0 Å². The Balaban J connectivity index is 2.23. The molecule has 1 aromatic carbocycles. The van der Waals surface area contributed by atoms with E-state index in [1.165, 1.54) is 16.2 Å². The van der Waals surface area contributed by atoms with Gasteiger partial charge in [-0.05, 0) is 48.3 Å². The molecule has 1 aromatic heterocycles. The topological polar surface area (TPSA) is 66.8 Å². The van der Waals surface area contributed by atoms with Gasteiger partial charge in [0.25, 0.3) is 0 Å². The number of carbonyl (C=O) groups is 2. The second kappa shape index (κ2) is 8.49. The number of halogens is 1. The molecule has 2 rings (SSSR count). The predicted octanol–water partition coefficient (Wildman–Crippen LogP) is 4.99. The molecule has 5 nitrogen and oxygen atoms in total. The minimum Gasteiger partial charge on any atom is -0.479 e. The molecule has 1 heterocycles. The summed E-state index contributed by atoms with van der Waals surface area (Å²) in [5.41, 5.74) is 0.848. The van der Waals surface area contributed by atoms with Crippen LogP contribution >= 0.6 is 27.3 Å². The van der Waals surface area contributed by atoms with E-state index in [-0.39, 0.29) is 12.6 Å². The molecule has 0 bridgehead atoms. The number of benzene rings is 1. The van der Waals surface area contributed by atoms with Crippen LogP contribution in [0.1, 0.15) is 35.2 Å². The summed E-state index contributed by atoms with van der Waals surface area (Å²) in [5.74, 6) is -1.08. The van der Waals surface area contributed by atoms with Crippen molar-refractivity contribution in [3.8, 4) is 0 Å². The number of carboxylic acids is 1. The summed E-state index contributed by atoms with van der Waals surface area (Å²) in [6, 6.07) is 9.62. The molecule has 7 heteroatoms. The van der Waals surface area contributed by atoms with Gasteiger partial charge in [-0.2, -0.15) is 0 Å². The van der Waals surface area contributed by atoms with Gasteiger partial charge in [0.2, 0.25) is 0 Å². The van der Waals surface area contributed by atoms with Gasteiger partial charge in [0, 0.05) is 20.3 Å². The number of ether oxygens (including phenoxy) is 1. The molecule has 1 atom stereocenters. The maximum absolute atomic E-state index is 12.6. The molecule has 1 amide bonds. The fourth-order valence-electron chi connectivity index (χ4n) is 2.40. The monoisotopic (exact) mass is 425 g/mol. The lowest BCUT2D eigenvalue weighted by Crippen LogP contribution is -2.43. The number of carboxylic acid groups (broad SMARTS) is 1. The molecule has 1 unspecified atom stereocenters. The zero-order valence-corrected chi connectivity index (χ0v) is 16.6. The number of hydrogen-bond donors (Lipinski definition) is 1. The van der Waals surface area contributed by atoms with Gasteiger partial charge in [-0.25, -0.2) is 9.59 Å². The Morgan fingerprint density at radius 3 is 2.40 bits per heavy atom. The van der Waals surface area contributed by atoms with Gasteiger partial charge in [0.05, 0.1) is 0 Å². The van der Waals surface area contributed by atoms with E-state index in [0.29, 0.717) is 4.88 Å². The number of amides is 1. The highest BCUT2D eigenvalue weighted by atomic mass is 79.9. The minimum atomic E-state index is -1.08. The second-order valence-corrected chi connectivity index (χ2v) is 7.98. The van der Waals surface area contributed by atoms with Gasteiger partial charge in [0.1, 0.15) is 6.61 Å². The molecule has 1 N–H and O–H groups in total. The van der Waals surface area contributed by atoms with Crippen molar-refractivity contribution >= 4 is 39.3 Å². The molecule has 134 valence electrons. The number of nitrogens with zero attached hydrogens (tertiary/aromatic N) is 1. The van der Waals surface area contributed by atoms with Crippen molar-refractivity contribution < 1.29 is 19.4 Å². The fourth-order valence-corrected chi connectivity index (χ4v) is 4.06. The number of aryl methyl sites for hydroxylation is 1. The molecule has 0 saturated carbocycles. The smallest absolute Gasteiger partial charge is 0.411 e. The van der Waals surface area contributed by atoms with Crippen molar-refractivity contribution in [1.82, 2.24) is 4.90 Å². The van der Waals surface area contributed by atoms with E-state index in [1.807, 2.05) is 37.3 Å². The molecule has 0 spiro atoms. The first kappa shape index (κ1) is 19.5. The van der Waals surface area contributed by atoms with Gasteiger partial charge in [-0.15, -0.1) is 11.3 Å². The van der Waals surface area contributed by atoms with Crippen molar-refractivity contribution in [3.63, 3.8) is 0 Å². The first-order chi connectivity index (χ1) is 11.8. The third-order valence-corrected chi connectivity index (χ3v) is 5.82. The largest absolute Gasteiger partial charge is 0.479 e. The highest BCUT2D eigenvalue weighted by Crippen LogP contribution is 2.35. The van der Waals surface area contributed by atoms with Crippen molar-refractivity contribution in [2.45, 2.75) is 39.5 Å². The van der Waals surface area contributed by atoms with Crippen LogP contribution in [0.3, 0.4) is 0 Å². The van der Waals surface area contributed by atoms with Crippen LogP contribution in [0.4, 0.5) is 4.79 Å². The van der Waals surface area contributed by atoms with E-state index >= 15 is 0 Å². The number of thiophene rings is 1. The Morgan fingerprint density at radius 1 is 1.28 bits per heavy atom. The number of carbonyl (C=O) groups excluding carboxylic acids is 1. The molecule has 0 fully saturated rings. The summed E-state index contributed by atoms with van der Waals surface area (Å²) in [5, 5.41) is 9.72. The van der Waals surface area contributed by atoms with Crippen LogP contribution in [-0.2, 0) is 16.1 Å². The first-order valence-electron chi connectivity index (χ1n) is 7.79. The van der Waals surface area contributed by atoms with Crippen molar-refractivity contribution in [2.24, 2.45) is 0 Å². The maximum Gasteiger partial charge on any atom is 0.411 e. The highest BCUT2D eigenvalue weighted by Gasteiger charge is 2.35. The van der Waals surface area contributed by atoms with E-state index in [1.54, 1.807) is 19.9 Å². The third-order valence-electron chi connectivity index (χ3n) is 3.63. The predicted molar refractivity (Wildman–Crippen MR) is 101 cm³/mol. The lowest BCUT2D eigenvalue weighted by atomic mass is 10.1. The van der Waals surface area contributed by atoms with E-state index in [4.69, 9.17) is 4.74 Å². The number of aliphatic carboxylic acids is 1. The van der Waals surface area contributed by atoms with Gasteiger partial charge in [-0.1, -0.05) is 30.3 Å². The summed E-state index contributed by atoms with van der Waals surface area (Å²) in [4.78, 5) is 27.3. The third kappa shape index (κ3) is 4.83. The second-order valence-electron chi connectivity index (χ2n) is 5.83. The molecule has 0 aliphatic heterocycles. The Kier molecular flexibility index (Phi) is 6.61. The Labute approximate surface area is 159 Å². The molecule has 0 aliphatic carbocycles. The quantitative estimate of drug-likeness (QED) is 0.707. The van der Waals surface area contributed by atoms with Crippen molar-refractivity contribution in [1.29, 1.82) is 0 Å². The Bertz CT molecular complexity index is 725. The van der Waals surface area contributed by atoms with Gasteiger partial charge in [-0.3, -0.25) is 4.90 Å². The average Bonchev–Trinajstić information content (AvgIpc) is 2.89. The lowest BCUT2D eigenvalue weighted by molar-refractivity contribution is -0.143. The van der Waals surface area contributed by atoms with E-state index in [9.17, 15) is 14.7 Å². The lowest BCUT2D eigenvalue weighted by Gasteiger charge is -2.31. The van der Waals surface area contributed by atoms with Crippen molar-refractivity contribution in [3.05, 3.63) is 56.2 Å². The summed E-state index contributed by atoms with van der Waals surface area (Å²) in [6.07, 6.45) is -0.645. The molecular formula is C18H20BrNO4S. The molecule has 0 saturated heterocycles. The standard InChI is InChI=1S/C18H20BrNO4S/c1-11(2)20(18(23)24-10-13-7-5-4-6-8-13)16(17(21)22)15-9-14(19)12(3)25-15/h4-9,11,16H,10H2,1-3H3,(H,21,22). The molecule has 0 radical (unpaired) electrons. The van der Waals surface area contributed by atoms with Crippen LogP contribution in [0, 0.1) is 6.92 Å². The normalized spacial score (nSPS) is 12.0. The number of rotatable bonds is 6. The van der Waals surface area contributed by atoms with Crippen LogP contribution in [0.15, 0.2) is 40.9 Å². The van der Waals surface area contributed by atoms with Crippen LogP contribution in [0.25, 0.3) is 0 Å². The van der Waals surface area contributed by atoms with Gasteiger partial charge in [0.15, 0.2) is 6.04 Å². The van der Waals surface area contributed by atoms with E-state index < -0.39 is 18.1 Å². The SMILES string of the molecule is Cc1sc(C(C(=O)O)N(C(=O)OCc2ccccc2)C(C)C)cc1Br. The summed E-state index contributed by atoms with van der Waals surface area (Å²) in [7, 11) is 0. The van der Waals surface area contributed by atoms with E-state index in [2.05, 4.69) is 15.9 Å². The molecule has 2 aromatic rings. The van der Waals surface area contributed by atoms with Crippen LogP contribution in [0.5, 0.6) is 0 Å². The Hall–Kier alpha value is -1.86. The summed E-state index contributed by atoms with van der Waals surface area (Å²) in [6.45, 7) is 5.54. The minimum absolute atomic E-state index is 0.0996. The van der Waals surface area contributed by atoms with Gasteiger partial charge >= 0.3 is 12.1 Å². The number of hydrogen-bond acceptors (Lipinski definition) is 4. The molecule has 25 heavy (non-hydrogen) atoms. The average molecular weight is 426 g/mol. The summed E-state index contributed by atoms with van der Waals surface area (Å²) >= 11 is 4.75.